The van der Waals surface area contributed by atoms with Gasteiger partial charge in [0.05, 0.1) is 17.3 Å². The van der Waals surface area contributed by atoms with Crippen molar-refractivity contribution in [2.45, 2.75) is 37.8 Å². The number of hydrogen-bond donors (Lipinski definition) is 0. The summed E-state index contributed by atoms with van der Waals surface area (Å²) in [7, 11) is 1.84. The Morgan fingerprint density at radius 1 is 1.24 bits per heavy atom. The van der Waals surface area contributed by atoms with Gasteiger partial charge in [0.1, 0.15) is 17.9 Å². The van der Waals surface area contributed by atoms with Crippen molar-refractivity contribution in [2.24, 2.45) is 5.92 Å². The number of halogens is 3. The Balaban J connectivity index is 1.45. The van der Waals surface area contributed by atoms with Crippen molar-refractivity contribution >= 4 is 16.9 Å². The van der Waals surface area contributed by atoms with E-state index in [4.69, 9.17) is 0 Å². The predicted molar refractivity (Wildman–Crippen MR) is 101 cm³/mol. The summed E-state index contributed by atoms with van der Waals surface area (Å²) in [4.78, 5) is 18.9. The molecule has 0 aliphatic heterocycles. The molecule has 3 saturated carbocycles. The zero-order chi connectivity index (χ0) is 20.3. The van der Waals surface area contributed by atoms with Crippen molar-refractivity contribution in [3.63, 3.8) is 0 Å². The van der Waals surface area contributed by atoms with Gasteiger partial charge in [-0.25, -0.2) is 13.2 Å². The highest BCUT2D eigenvalue weighted by Gasteiger charge is 2.60. The molecule has 2 bridgehead atoms. The molecule has 0 N–H and O–H groups in total. The number of amides is 1. The number of carbonyl (C=O) groups is 1. The van der Waals surface area contributed by atoms with Gasteiger partial charge in [0.25, 0.3) is 6.43 Å². The molecule has 3 aromatic rings. The first kappa shape index (κ1) is 18.1. The van der Waals surface area contributed by atoms with Gasteiger partial charge in [-0.15, -0.1) is 0 Å². The third kappa shape index (κ3) is 2.81. The van der Waals surface area contributed by atoms with Crippen LogP contribution in [0.2, 0.25) is 0 Å². The largest absolute Gasteiger partial charge is 0.338 e. The van der Waals surface area contributed by atoms with E-state index in [9.17, 15) is 18.0 Å². The topological polar surface area (TPSA) is 51.0 Å². The SMILES string of the molecule is CN(C(=O)Cn1ncc2ncc(-c3ccc(F)c(C(F)F)c3)cc21)C12CC(C1)C2. The third-order valence-electron chi connectivity index (χ3n) is 6.44. The van der Waals surface area contributed by atoms with Gasteiger partial charge in [-0.3, -0.25) is 14.5 Å². The van der Waals surface area contributed by atoms with Crippen LogP contribution in [0.3, 0.4) is 0 Å². The molecule has 1 amide bonds. The highest BCUT2D eigenvalue weighted by Crippen LogP contribution is 2.60. The lowest BCUT2D eigenvalue weighted by Crippen LogP contribution is -2.68. The minimum Gasteiger partial charge on any atom is -0.338 e. The summed E-state index contributed by atoms with van der Waals surface area (Å²) < 4.78 is 41.2. The van der Waals surface area contributed by atoms with Gasteiger partial charge in [0.2, 0.25) is 5.91 Å². The van der Waals surface area contributed by atoms with E-state index in [1.54, 1.807) is 16.9 Å². The molecular formula is C21H19F3N4O. The van der Waals surface area contributed by atoms with E-state index in [0.717, 1.165) is 37.3 Å². The second-order valence-electron chi connectivity index (χ2n) is 8.12. The lowest BCUT2D eigenvalue weighted by molar-refractivity contribution is -0.167. The van der Waals surface area contributed by atoms with Crippen LogP contribution in [0.4, 0.5) is 13.2 Å². The zero-order valence-electron chi connectivity index (χ0n) is 15.8. The van der Waals surface area contributed by atoms with Crippen molar-refractivity contribution in [2.75, 3.05) is 7.05 Å². The fourth-order valence-electron chi connectivity index (χ4n) is 4.47. The summed E-state index contributed by atoms with van der Waals surface area (Å²) in [6.45, 7) is 0.0866. The van der Waals surface area contributed by atoms with Gasteiger partial charge >= 0.3 is 0 Å². The fraction of sp³-hybridized carbons (Fsp3) is 0.381. The summed E-state index contributed by atoms with van der Waals surface area (Å²) in [6.07, 6.45) is 3.45. The molecule has 3 fully saturated rings. The van der Waals surface area contributed by atoms with E-state index in [-0.39, 0.29) is 18.0 Å². The van der Waals surface area contributed by atoms with Gasteiger partial charge < -0.3 is 4.90 Å². The summed E-state index contributed by atoms with van der Waals surface area (Å²) in [5.74, 6) is -0.179. The van der Waals surface area contributed by atoms with Crippen molar-refractivity contribution in [3.05, 3.63) is 48.0 Å². The number of alkyl halides is 2. The lowest BCUT2D eigenvalue weighted by Gasteiger charge is -2.65. The minimum absolute atomic E-state index is 0.0136. The van der Waals surface area contributed by atoms with Crippen LogP contribution in [-0.2, 0) is 11.3 Å². The molecule has 0 atom stereocenters. The minimum atomic E-state index is -2.90. The molecule has 0 saturated heterocycles. The average Bonchev–Trinajstić information content (AvgIpc) is 3.01. The smallest absolute Gasteiger partial charge is 0.266 e. The van der Waals surface area contributed by atoms with E-state index in [2.05, 4.69) is 10.1 Å². The molecule has 2 heterocycles. The number of benzene rings is 1. The second-order valence-corrected chi connectivity index (χ2v) is 8.12. The first-order chi connectivity index (χ1) is 13.9. The molecule has 3 aliphatic rings. The van der Waals surface area contributed by atoms with Gasteiger partial charge in [-0.2, -0.15) is 5.10 Å². The number of carbonyl (C=O) groups excluding carboxylic acids is 1. The number of hydrogen-bond acceptors (Lipinski definition) is 3. The monoisotopic (exact) mass is 400 g/mol. The molecule has 3 aliphatic carbocycles. The Labute approximate surface area is 165 Å². The standard InChI is InChI=1S/C21H19F3N4O/c1-27(21-6-12(7-21)8-21)19(29)11-28-18-5-14(9-25-17(18)10-26-28)13-2-3-16(22)15(4-13)20(23)24/h2-5,9-10,12,20H,6-8,11H2,1H3. The molecule has 0 unspecified atom stereocenters. The summed E-state index contributed by atoms with van der Waals surface area (Å²) in [5, 5.41) is 4.28. The number of pyridine rings is 1. The highest BCUT2D eigenvalue weighted by molar-refractivity contribution is 5.83. The Morgan fingerprint density at radius 3 is 2.66 bits per heavy atom. The summed E-state index contributed by atoms with van der Waals surface area (Å²) in [6, 6.07) is 5.34. The van der Waals surface area contributed by atoms with Crippen LogP contribution in [0.1, 0.15) is 31.3 Å². The first-order valence-corrected chi connectivity index (χ1v) is 9.52. The van der Waals surface area contributed by atoms with E-state index < -0.39 is 17.8 Å². The molecule has 150 valence electrons. The Bertz CT molecular complexity index is 1110. The Kier molecular flexibility index (Phi) is 3.94. The fourth-order valence-corrected chi connectivity index (χ4v) is 4.47. The average molecular weight is 400 g/mol. The van der Waals surface area contributed by atoms with E-state index in [1.807, 2.05) is 11.9 Å². The Hall–Kier alpha value is -2.90. The van der Waals surface area contributed by atoms with Gasteiger partial charge in [-0.1, -0.05) is 6.07 Å². The molecule has 29 heavy (non-hydrogen) atoms. The van der Waals surface area contributed by atoms with Crippen molar-refractivity contribution in [1.82, 2.24) is 19.7 Å². The third-order valence-corrected chi connectivity index (χ3v) is 6.44. The quantitative estimate of drug-likeness (QED) is 0.646. The van der Waals surface area contributed by atoms with E-state index >= 15 is 0 Å². The van der Waals surface area contributed by atoms with Gasteiger partial charge in [0.15, 0.2) is 0 Å². The number of rotatable bonds is 5. The molecule has 6 rings (SSSR count). The number of fused-ring (bicyclic) bond motifs is 1. The van der Waals surface area contributed by atoms with Crippen molar-refractivity contribution < 1.29 is 18.0 Å². The molecule has 1 aromatic carbocycles. The Morgan fingerprint density at radius 2 is 2.00 bits per heavy atom. The molecular weight excluding hydrogens is 381 g/mol. The van der Waals surface area contributed by atoms with Crippen LogP contribution in [0, 0.1) is 11.7 Å². The number of likely N-dealkylation sites (N-methyl/N-ethyl adjacent to an activating group) is 1. The second kappa shape index (κ2) is 6.30. The van der Waals surface area contributed by atoms with Crippen LogP contribution in [-0.4, -0.2) is 38.2 Å². The van der Waals surface area contributed by atoms with Crippen LogP contribution >= 0.6 is 0 Å². The molecule has 2 aromatic heterocycles. The maximum atomic E-state index is 13.6. The lowest BCUT2D eigenvalue weighted by atomic mass is 9.49. The zero-order valence-corrected chi connectivity index (χ0v) is 15.8. The van der Waals surface area contributed by atoms with Crippen molar-refractivity contribution in [1.29, 1.82) is 0 Å². The maximum Gasteiger partial charge on any atom is 0.266 e. The molecule has 0 radical (unpaired) electrons. The highest BCUT2D eigenvalue weighted by atomic mass is 19.3. The van der Waals surface area contributed by atoms with Gasteiger partial charge in [-0.05, 0) is 48.9 Å². The van der Waals surface area contributed by atoms with Crippen molar-refractivity contribution in [3.8, 4) is 11.1 Å². The summed E-state index contributed by atoms with van der Waals surface area (Å²) in [5.41, 5.74) is 1.61. The molecule has 5 nitrogen and oxygen atoms in total. The van der Waals surface area contributed by atoms with E-state index in [1.165, 1.54) is 12.3 Å². The summed E-state index contributed by atoms with van der Waals surface area (Å²) >= 11 is 0. The first-order valence-electron chi connectivity index (χ1n) is 9.52. The molecule has 8 heteroatoms. The predicted octanol–water partition coefficient (Wildman–Crippen LogP) is 4.19. The number of nitrogens with zero attached hydrogens (tertiary/aromatic N) is 4. The normalized spacial score (nSPS) is 22.4. The van der Waals surface area contributed by atoms with Crippen LogP contribution in [0.5, 0.6) is 0 Å². The van der Waals surface area contributed by atoms with Crippen LogP contribution in [0.15, 0.2) is 36.7 Å². The van der Waals surface area contributed by atoms with E-state index in [0.29, 0.717) is 22.2 Å². The van der Waals surface area contributed by atoms with Crippen LogP contribution < -0.4 is 0 Å². The van der Waals surface area contributed by atoms with Gasteiger partial charge in [0, 0.05) is 24.3 Å². The number of aromatic nitrogens is 3. The molecule has 0 spiro atoms. The van der Waals surface area contributed by atoms with Crippen LogP contribution in [0.25, 0.3) is 22.2 Å². The maximum absolute atomic E-state index is 13.6.